The van der Waals surface area contributed by atoms with Crippen LogP contribution in [0.3, 0.4) is 0 Å². The lowest BCUT2D eigenvalue weighted by Crippen LogP contribution is -2.23. The third kappa shape index (κ3) is 4.68. The van der Waals surface area contributed by atoms with E-state index >= 15 is 0 Å². The van der Waals surface area contributed by atoms with Crippen LogP contribution >= 0.6 is 0 Å². The van der Waals surface area contributed by atoms with E-state index in [9.17, 15) is 4.79 Å². The van der Waals surface area contributed by atoms with E-state index in [1.54, 1.807) is 0 Å². The van der Waals surface area contributed by atoms with Crippen LogP contribution in [0.1, 0.15) is 50.5 Å². The predicted molar refractivity (Wildman–Crippen MR) is 91.2 cm³/mol. The van der Waals surface area contributed by atoms with Crippen molar-refractivity contribution >= 4 is 5.91 Å². The van der Waals surface area contributed by atoms with Crippen LogP contribution in [0.4, 0.5) is 0 Å². The second-order valence-corrected chi connectivity index (χ2v) is 6.45. The molecule has 0 unspecified atom stereocenters. The lowest BCUT2D eigenvalue weighted by Gasteiger charge is -2.20. The summed E-state index contributed by atoms with van der Waals surface area (Å²) in [4.78, 5) is 12.0. The molecule has 2 aromatic rings. The van der Waals surface area contributed by atoms with Crippen molar-refractivity contribution in [1.82, 2.24) is 15.1 Å². The van der Waals surface area contributed by atoms with E-state index in [0.717, 1.165) is 23.6 Å². The molecule has 1 fully saturated rings. The molecule has 1 aromatic carbocycles. The van der Waals surface area contributed by atoms with Crippen LogP contribution in [0.5, 0.6) is 0 Å². The van der Waals surface area contributed by atoms with Gasteiger partial charge in [-0.3, -0.25) is 4.79 Å². The molecule has 1 N–H and O–H groups in total. The van der Waals surface area contributed by atoms with Crippen LogP contribution in [-0.4, -0.2) is 15.7 Å². The number of amides is 1. The first-order valence-corrected chi connectivity index (χ1v) is 8.67. The minimum absolute atomic E-state index is 0.156. The minimum atomic E-state index is 0.156. The number of carbonyl (C=O) groups excluding carboxylic acids is 1. The lowest BCUT2D eigenvalue weighted by molar-refractivity contribution is -0.121. The zero-order chi connectivity index (χ0) is 15.9. The summed E-state index contributed by atoms with van der Waals surface area (Å²) >= 11 is 0. The highest BCUT2D eigenvalue weighted by molar-refractivity contribution is 5.75. The van der Waals surface area contributed by atoms with E-state index in [1.807, 2.05) is 47.4 Å². The topological polar surface area (TPSA) is 46.9 Å². The van der Waals surface area contributed by atoms with Gasteiger partial charge in [-0.1, -0.05) is 50.3 Å². The van der Waals surface area contributed by atoms with Crippen molar-refractivity contribution in [1.29, 1.82) is 0 Å². The van der Waals surface area contributed by atoms with Crippen LogP contribution in [0.15, 0.2) is 42.7 Å². The number of rotatable bonds is 6. The average Bonchev–Trinajstić information content (AvgIpc) is 3.09. The van der Waals surface area contributed by atoms with E-state index in [1.165, 1.54) is 32.1 Å². The number of carbonyl (C=O) groups is 1. The smallest absolute Gasteiger partial charge is 0.220 e. The van der Waals surface area contributed by atoms with E-state index in [-0.39, 0.29) is 5.91 Å². The van der Waals surface area contributed by atoms with Gasteiger partial charge in [0.15, 0.2) is 0 Å². The first-order chi connectivity index (χ1) is 11.3. The number of hydrogen-bond acceptors (Lipinski definition) is 2. The van der Waals surface area contributed by atoms with Gasteiger partial charge in [0.2, 0.25) is 5.91 Å². The molecule has 1 aliphatic rings. The van der Waals surface area contributed by atoms with Crippen LogP contribution < -0.4 is 5.32 Å². The molecule has 3 rings (SSSR count). The van der Waals surface area contributed by atoms with Gasteiger partial charge in [0.1, 0.15) is 0 Å². The van der Waals surface area contributed by atoms with Gasteiger partial charge < -0.3 is 5.32 Å². The third-order valence-electron chi connectivity index (χ3n) is 4.65. The monoisotopic (exact) mass is 311 g/mol. The molecule has 1 heterocycles. The minimum Gasteiger partial charge on any atom is -0.352 e. The van der Waals surface area contributed by atoms with E-state index in [4.69, 9.17) is 0 Å². The highest BCUT2D eigenvalue weighted by Gasteiger charge is 2.14. The van der Waals surface area contributed by atoms with Gasteiger partial charge in [0, 0.05) is 24.7 Å². The summed E-state index contributed by atoms with van der Waals surface area (Å²) in [7, 11) is 0. The van der Waals surface area contributed by atoms with Crippen molar-refractivity contribution in [2.75, 3.05) is 0 Å². The summed E-state index contributed by atoms with van der Waals surface area (Å²) < 4.78 is 1.84. The van der Waals surface area contributed by atoms with Crippen molar-refractivity contribution < 1.29 is 4.79 Å². The number of hydrogen-bond donors (Lipinski definition) is 1. The zero-order valence-corrected chi connectivity index (χ0v) is 13.6. The molecule has 1 aliphatic carbocycles. The van der Waals surface area contributed by atoms with Crippen LogP contribution in [0.2, 0.25) is 0 Å². The normalized spacial score (nSPS) is 15.5. The molecule has 0 atom stereocenters. The molecule has 0 spiro atoms. The van der Waals surface area contributed by atoms with Gasteiger partial charge in [0.25, 0.3) is 0 Å². The fourth-order valence-corrected chi connectivity index (χ4v) is 3.27. The van der Waals surface area contributed by atoms with Crippen molar-refractivity contribution in [2.24, 2.45) is 5.92 Å². The number of para-hydroxylation sites is 1. The van der Waals surface area contributed by atoms with Gasteiger partial charge in [-0.25, -0.2) is 4.68 Å². The summed E-state index contributed by atoms with van der Waals surface area (Å²) in [6.45, 7) is 0.552. The van der Waals surface area contributed by atoms with E-state index in [2.05, 4.69) is 10.4 Å². The van der Waals surface area contributed by atoms with Gasteiger partial charge in [-0.2, -0.15) is 5.10 Å². The van der Waals surface area contributed by atoms with Crippen molar-refractivity contribution in [3.05, 3.63) is 48.3 Å². The van der Waals surface area contributed by atoms with Gasteiger partial charge in [-0.05, 0) is 24.5 Å². The van der Waals surface area contributed by atoms with Crippen molar-refractivity contribution in [2.45, 2.75) is 51.5 Å². The van der Waals surface area contributed by atoms with Gasteiger partial charge in [0.05, 0.1) is 11.9 Å². The maximum Gasteiger partial charge on any atom is 0.220 e. The molecule has 122 valence electrons. The molecule has 0 aliphatic heterocycles. The molecule has 4 heteroatoms. The fraction of sp³-hybridized carbons (Fsp3) is 0.474. The molecular weight excluding hydrogens is 286 g/mol. The molecule has 1 saturated carbocycles. The number of nitrogens with zero attached hydrogens (tertiary/aromatic N) is 2. The number of benzene rings is 1. The Morgan fingerprint density at radius 2 is 1.96 bits per heavy atom. The zero-order valence-electron chi connectivity index (χ0n) is 13.6. The van der Waals surface area contributed by atoms with Crippen molar-refractivity contribution in [3.8, 4) is 5.69 Å². The first-order valence-electron chi connectivity index (χ1n) is 8.67. The second-order valence-electron chi connectivity index (χ2n) is 6.45. The Kier molecular flexibility index (Phi) is 5.46. The Morgan fingerprint density at radius 3 is 2.74 bits per heavy atom. The number of aromatic nitrogens is 2. The molecule has 0 saturated heterocycles. The maximum atomic E-state index is 12.0. The second kappa shape index (κ2) is 7.95. The lowest BCUT2D eigenvalue weighted by atomic mass is 9.86. The Morgan fingerprint density at radius 1 is 1.17 bits per heavy atom. The average molecular weight is 311 g/mol. The molecule has 1 aromatic heterocycles. The largest absolute Gasteiger partial charge is 0.352 e. The predicted octanol–water partition coefficient (Wildman–Crippen LogP) is 3.85. The highest BCUT2D eigenvalue weighted by Crippen LogP contribution is 2.27. The van der Waals surface area contributed by atoms with Gasteiger partial charge in [-0.15, -0.1) is 0 Å². The summed E-state index contributed by atoms with van der Waals surface area (Å²) in [5.74, 6) is 0.915. The Labute approximate surface area is 137 Å². The molecule has 0 bridgehead atoms. The summed E-state index contributed by atoms with van der Waals surface area (Å²) in [5.41, 5.74) is 2.06. The van der Waals surface area contributed by atoms with Crippen LogP contribution in [-0.2, 0) is 11.3 Å². The Bertz CT molecular complexity index is 615. The SMILES string of the molecule is O=C(CCC1CCCCC1)NCc1cnn(-c2ccccc2)c1. The summed E-state index contributed by atoms with van der Waals surface area (Å²) in [5, 5.41) is 7.36. The summed E-state index contributed by atoms with van der Waals surface area (Å²) in [6.07, 6.45) is 12.1. The molecule has 1 amide bonds. The Balaban J connectivity index is 1.43. The quantitative estimate of drug-likeness (QED) is 0.881. The first kappa shape index (κ1) is 15.8. The standard InChI is InChI=1S/C19H25N3O/c23-19(12-11-16-7-3-1-4-8-16)20-13-17-14-21-22(15-17)18-9-5-2-6-10-18/h2,5-6,9-10,14-16H,1,3-4,7-8,11-13H2,(H,20,23). The Hall–Kier alpha value is -2.10. The van der Waals surface area contributed by atoms with Crippen LogP contribution in [0, 0.1) is 5.92 Å². The molecule has 0 radical (unpaired) electrons. The maximum absolute atomic E-state index is 12.0. The fourth-order valence-electron chi connectivity index (χ4n) is 3.27. The van der Waals surface area contributed by atoms with E-state index in [0.29, 0.717) is 13.0 Å². The number of nitrogens with one attached hydrogen (secondary N) is 1. The van der Waals surface area contributed by atoms with Gasteiger partial charge >= 0.3 is 0 Å². The van der Waals surface area contributed by atoms with E-state index < -0.39 is 0 Å². The molecule has 4 nitrogen and oxygen atoms in total. The third-order valence-corrected chi connectivity index (χ3v) is 4.65. The highest BCUT2D eigenvalue weighted by atomic mass is 16.1. The van der Waals surface area contributed by atoms with Crippen LogP contribution in [0.25, 0.3) is 5.69 Å². The van der Waals surface area contributed by atoms with Crippen molar-refractivity contribution in [3.63, 3.8) is 0 Å². The summed E-state index contributed by atoms with van der Waals surface area (Å²) in [6, 6.07) is 9.99. The molecular formula is C19H25N3O. The molecule has 23 heavy (non-hydrogen) atoms.